The third-order valence-corrected chi connectivity index (χ3v) is 4.48. The summed E-state index contributed by atoms with van der Waals surface area (Å²) in [5.41, 5.74) is 3.46. The fraction of sp³-hybridized carbons (Fsp3) is 0.222. The summed E-state index contributed by atoms with van der Waals surface area (Å²) >= 11 is 0. The molecule has 20 heavy (non-hydrogen) atoms. The Morgan fingerprint density at radius 2 is 1.90 bits per heavy atom. The lowest BCUT2D eigenvalue weighted by molar-refractivity contribution is 0.424. The Hall–Kier alpha value is -2.09. The van der Waals surface area contributed by atoms with Crippen LogP contribution in [0, 0.1) is 11.7 Å². The number of allylic oxidation sites excluding steroid dienone is 2. The van der Waals surface area contributed by atoms with E-state index < -0.39 is 0 Å². The lowest BCUT2D eigenvalue weighted by atomic mass is 9.77. The molecule has 0 amide bonds. The van der Waals surface area contributed by atoms with Crippen molar-refractivity contribution >= 4 is 5.69 Å². The van der Waals surface area contributed by atoms with E-state index in [0.717, 1.165) is 17.7 Å². The van der Waals surface area contributed by atoms with Crippen LogP contribution in [0.15, 0.2) is 60.7 Å². The molecular formula is C18H16FN. The third kappa shape index (κ3) is 1.75. The highest BCUT2D eigenvalue weighted by molar-refractivity contribution is 5.59. The van der Waals surface area contributed by atoms with Crippen LogP contribution in [-0.2, 0) is 0 Å². The summed E-state index contributed by atoms with van der Waals surface area (Å²) < 4.78 is 13.5. The summed E-state index contributed by atoms with van der Waals surface area (Å²) in [6, 6.07) is 15.9. The molecule has 1 nitrogen and oxygen atoms in total. The molecule has 1 aliphatic heterocycles. The third-order valence-electron chi connectivity index (χ3n) is 4.48. The number of hydrogen-bond donors (Lipinski definition) is 1. The normalized spacial score (nSPS) is 26.8. The maximum atomic E-state index is 13.5. The molecule has 1 aliphatic carbocycles. The molecule has 4 rings (SSSR count). The second kappa shape index (κ2) is 4.48. The maximum absolute atomic E-state index is 13.5. The fourth-order valence-corrected chi connectivity index (χ4v) is 3.56. The molecule has 1 heterocycles. The van der Waals surface area contributed by atoms with Crippen LogP contribution in [-0.4, -0.2) is 0 Å². The number of hydrogen-bond acceptors (Lipinski definition) is 1. The zero-order valence-corrected chi connectivity index (χ0v) is 11.1. The van der Waals surface area contributed by atoms with Gasteiger partial charge in [0.25, 0.3) is 0 Å². The Labute approximate surface area is 118 Å². The highest BCUT2D eigenvalue weighted by atomic mass is 19.1. The topological polar surface area (TPSA) is 12.0 Å². The second-order valence-corrected chi connectivity index (χ2v) is 5.62. The van der Waals surface area contributed by atoms with E-state index in [9.17, 15) is 4.39 Å². The first-order valence-electron chi connectivity index (χ1n) is 7.10. The molecule has 2 aromatic carbocycles. The first kappa shape index (κ1) is 11.7. The first-order chi connectivity index (χ1) is 9.83. The van der Waals surface area contributed by atoms with E-state index in [1.54, 1.807) is 6.07 Å². The molecule has 0 radical (unpaired) electrons. The molecule has 0 aromatic heterocycles. The van der Waals surface area contributed by atoms with Crippen LogP contribution >= 0.6 is 0 Å². The smallest absolute Gasteiger partial charge is 0.123 e. The molecular weight excluding hydrogens is 249 g/mol. The van der Waals surface area contributed by atoms with E-state index in [0.29, 0.717) is 17.9 Å². The highest BCUT2D eigenvalue weighted by Crippen LogP contribution is 2.49. The fourth-order valence-electron chi connectivity index (χ4n) is 3.56. The molecule has 0 bridgehead atoms. The number of rotatable bonds is 1. The molecule has 0 spiro atoms. The van der Waals surface area contributed by atoms with E-state index in [1.165, 1.54) is 11.6 Å². The molecule has 0 saturated heterocycles. The van der Waals surface area contributed by atoms with Gasteiger partial charge in [-0.25, -0.2) is 4.39 Å². The van der Waals surface area contributed by atoms with Crippen molar-refractivity contribution in [3.63, 3.8) is 0 Å². The summed E-state index contributed by atoms with van der Waals surface area (Å²) in [7, 11) is 0. The molecule has 100 valence electrons. The van der Waals surface area contributed by atoms with Gasteiger partial charge in [-0.15, -0.1) is 0 Å². The predicted octanol–water partition coefficient (Wildman–Crippen LogP) is 4.65. The minimum absolute atomic E-state index is 0.150. The molecule has 1 N–H and O–H groups in total. The van der Waals surface area contributed by atoms with Gasteiger partial charge in [-0.05, 0) is 41.7 Å². The molecule has 0 saturated carbocycles. The zero-order valence-electron chi connectivity index (χ0n) is 11.1. The Bertz CT molecular complexity index is 662. The number of benzene rings is 2. The van der Waals surface area contributed by atoms with Crippen LogP contribution in [0.3, 0.4) is 0 Å². The van der Waals surface area contributed by atoms with Gasteiger partial charge in [-0.1, -0.05) is 42.5 Å². The van der Waals surface area contributed by atoms with Crippen molar-refractivity contribution in [2.24, 2.45) is 5.92 Å². The van der Waals surface area contributed by atoms with Crippen LogP contribution in [0.5, 0.6) is 0 Å². The quantitative estimate of drug-likeness (QED) is 0.740. The molecule has 2 aliphatic rings. The monoisotopic (exact) mass is 265 g/mol. The van der Waals surface area contributed by atoms with Crippen LogP contribution in [0.2, 0.25) is 0 Å². The van der Waals surface area contributed by atoms with Gasteiger partial charge >= 0.3 is 0 Å². The average molecular weight is 265 g/mol. The number of halogens is 1. The predicted molar refractivity (Wildman–Crippen MR) is 79.2 cm³/mol. The Kier molecular flexibility index (Phi) is 2.62. The van der Waals surface area contributed by atoms with Crippen molar-refractivity contribution in [3.8, 4) is 0 Å². The number of fused-ring (bicyclic) bond motifs is 3. The van der Waals surface area contributed by atoms with Crippen molar-refractivity contribution in [2.45, 2.75) is 18.4 Å². The van der Waals surface area contributed by atoms with Gasteiger partial charge in [-0.3, -0.25) is 0 Å². The highest BCUT2D eigenvalue weighted by Gasteiger charge is 2.37. The summed E-state index contributed by atoms with van der Waals surface area (Å²) in [6.07, 6.45) is 5.51. The second-order valence-electron chi connectivity index (χ2n) is 5.62. The lowest BCUT2D eigenvalue weighted by Gasteiger charge is -2.37. The summed E-state index contributed by atoms with van der Waals surface area (Å²) in [6.45, 7) is 0. The minimum atomic E-state index is -0.150. The van der Waals surface area contributed by atoms with Crippen LogP contribution < -0.4 is 5.32 Å². The van der Waals surface area contributed by atoms with Crippen molar-refractivity contribution in [1.82, 2.24) is 0 Å². The van der Waals surface area contributed by atoms with Gasteiger partial charge in [0.15, 0.2) is 0 Å². The Morgan fingerprint density at radius 3 is 2.75 bits per heavy atom. The van der Waals surface area contributed by atoms with Gasteiger partial charge in [0.05, 0.1) is 6.04 Å². The number of nitrogens with one attached hydrogen (secondary N) is 1. The first-order valence-corrected chi connectivity index (χ1v) is 7.10. The standard InChI is InChI=1S/C18H16FN/c19-13-9-10-17-16(11-13)14-7-4-8-15(14)18(20-17)12-5-2-1-3-6-12/h1-7,9-11,14-15,18,20H,8H2/t14-,15-,18+/m0/s1. The molecule has 2 heteroatoms. The van der Waals surface area contributed by atoms with E-state index in [4.69, 9.17) is 0 Å². The van der Waals surface area contributed by atoms with Gasteiger partial charge in [0, 0.05) is 11.6 Å². The van der Waals surface area contributed by atoms with E-state index >= 15 is 0 Å². The summed E-state index contributed by atoms with van der Waals surface area (Å²) in [5.74, 6) is 0.654. The van der Waals surface area contributed by atoms with E-state index in [1.807, 2.05) is 12.1 Å². The van der Waals surface area contributed by atoms with Gasteiger partial charge < -0.3 is 5.32 Å². The van der Waals surface area contributed by atoms with Gasteiger partial charge in [0.1, 0.15) is 5.82 Å². The van der Waals surface area contributed by atoms with Crippen molar-refractivity contribution in [2.75, 3.05) is 5.32 Å². The van der Waals surface area contributed by atoms with Crippen LogP contribution in [0.25, 0.3) is 0 Å². The number of anilines is 1. The van der Waals surface area contributed by atoms with Crippen molar-refractivity contribution in [3.05, 3.63) is 77.6 Å². The largest absolute Gasteiger partial charge is 0.378 e. The average Bonchev–Trinajstić information content (AvgIpc) is 2.97. The van der Waals surface area contributed by atoms with Crippen molar-refractivity contribution in [1.29, 1.82) is 0 Å². The van der Waals surface area contributed by atoms with E-state index in [2.05, 4.69) is 41.7 Å². The van der Waals surface area contributed by atoms with E-state index in [-0.39, 0.29) is 5.82 Å². The summed E-state index contributed by atoms with van der Waals surface area (Å²) in [5, 5.41) is 3.61. The maximum Gasteiger partial charge on any atom is 0.123 e. The molecule has 2 aromatic rings. The van der Waals surface area contributed by atoms with Crippen LogP contribution in [0.4, 0.5) is 10.1 Å². The Morgan fingerprint density at radius 1 is 1.05 bits per heavy atom. The van der Waals surface area contributed by atoms with Gasteiger partial charge in [-0.2, -0.15) is 0 Å². The minimum Gasteiger partial charge on any atom is -0.378 e. The van der Waals surface area contributed by atoms with Crippen LogP contribution in [0.1, 0.15) is 29.5 Å². The summed E-state index contributed by atoms with van der Waals surface area (Å²) in [4.78, 5) is 0. The van der Waals surface area contributed by atoms with Gasteiger partial charge in [0.2, 0.25) is 0 Å². The lowest BCUT2D eigenvalue weighted by Crippen LogP contribution is -2.29. The van der Waals surface area contributed by atoms with Crippen molar-refractivity contribution < 1.29 is 4.39 Å². The zero-order chi connectivity index (χ0) is 13.5. The Balaban J connectivity index is 1.80. The molecule has 0 unspecified atom stereocenters. The molecule has 3 atom stereocenters. The molecule has 0 fully saturated rings. The SMILES string of the molecule is Fc1ccc2c(c1)[C@H]1C=CC[C@@H]1[C@@H](c1ccccc1)N2.